The van der Waals surface area contributed by atoms with Crippen LogP contribution in [0.3, 0.4) is 0 Å². The van der Waals surface area contributed by atoms with Crippen LogP contribution in [-0.2, 0) is 6.18 Å². The number of nitrogens with one attached hydrogen (secondary N) is 1. The number of alkyl halides is 3. The third-order valence-electron chi connectivity index (χ3n) is 1.36. The van der Waals surface area contributed by atoms with E-state index in [0.717, 1.165) is 6.20 Å². The van der Waals surface area contributed by atoms with Crippen molar-refractivity contribution in [2.45, 2.75) is 6.18 Å². The highest BCUT2D eigenvalue weighted by Crippen LogP contribution is 2.26. The minimum atomic E-state index is -4.51. The lowest BCUT2D eigenvalue weighted by atomic mass is 10.5. The smallest absolute Gasteiger partial charge is 0.369 e. The molecule has 1 heterocycles. The van der Waals surface area contributed by atoms with Crippen LogP contribution in [-0.4, -0.2) is 23.1 Å². The first kappa shape index (κ1) is 10.7. The zero-order chi connectivity index (χ0) is 10.6. The molecular weight excluding hydrogens is 197 g/mol. The monoisotopic (exact) mass is 206 g/mol. The number of anilines is 1. The quantitative estimate of drug-likeness (QED) is 0.770. The van der Waals surface area contributed by atoms with Crippen LogP contribution in [0.25, 0.3) is 0 Å². The first-order valence-corrected chi connectivity index (χ1v) is 3.88. The van der Waals surface area contributed by atoms with E-state index in [9.17, 15) is 13.2 Å². The van der Waals surface area contributed by atoms with Gasteiger partial charge in [-0.25, -0.2) is 9.97 Å². The maximum atomic E-state index is 12.1. The number of nitrogens with two attached hydrogens (primary N) is 1. The Labute approximate surface area is 78.4 Å². The summed E-state index contributed by atoms with van der Waals surface area (Å²) in [6.07, 6.45) is -3.46. The highest BCUT2D eigenvalue weighted by molar-refractivity contribution is 5.33. The highest BCUT2D eigenvalue weighted by atomic mass is 19.4. The molecule has 0 atom stereocenters. The van der Waals surface area contributed by atoms with Gasteiger partial charge in [0.1, 0.15) is 5.82 Å². The van der Waals surface area contributed by atoms with Crippen LogP contribution < -0.4 is 11.1 Å². The van der Waals surface area contributed by atoms with Gasteiger partial charge in [0.15, 0.2) is 0 Å². The molecule has 0 bridgehead atoms. The van der Waals surface area contributed by atoms with Crippen molar-refractivity contribution in [3.05, 3.63) is 18.1 Å². The molecule has 4 nitrogen and oxygen atoms in total. The first-order valence-electron chi connectivity index (χ1n) is 3.88. The van der Waals surface area contributed by atoms with Crippen LogP contribution in [0.5, 0.6) is 0 Å². The molecule has 0 saturated heterocycles. The highest BCUT2D eigenvalue weighted by Gasteiger charge is 2.34. The second-order valence-corrected chi connectivity index (χ2v) is 2.48. The van der Waals surface area contributed by atoms with Gasteiger partial charge in [-0.2, -0.15) is 13.2 Å². The average Bonchev–Trinajstić information content (AvgIpc) is 2.14. The molecule has 1 rings (SSSR count). The fraction of sp³-hybridized carbons (Fsp3) is 0.429. The molecule has 0 aliphatic rings. The largest absolute Gasteiger partial charge is 0.451 e. The fourth-order valence-corrected chi connectivity index (χ4v) is 0.794. The van der Waals surface area contributed by atoms with E-state index in [1.54, 1.807) is 0 Å². The van der Waals surface area contributed by atoms with Crippen molar-refractivity contribution in [2.24, 2.45) is 5.73 Å². The van der Waals surface area contributed by atoms with Crippen molar-refractivity contribution in [3.8, 4) is 0 Å². The van der Waals surface area contributed by atoms with E-state index in [1.165, 1.54) is 6.07 Å². The Hall–Kier alpha value is -1.37. The van der Waals surface area contributed by atoms with Crippen molar-refractivity contribution < 1.29 is 13.2 Å². The normalized spacial score (nSPS) is 11.4. The molecule has 0 spiro atoms. The van der Waals surface area contributed by atoms with Crippen molar-refractivity contribution in [1.82, 2.24) is 9.97 Å². The Balaban J connectivity index is 2.79. The third-order valence-corrected chi connectivity index (χ3v) is 1.36. The van der Waals surface area contributed by atoms with Crippen molar-refractivity contribution in [3.63, 3.8) is 0 Å². The van der Waals surface area contributed by atoms with Gasteiger partial charge in [-0.1, -0.05) is 0 Å². The zero-order valence-electron chi connectivity index (χ0n) is 7.17. The first-order chi connectivity index (χ1) is 6.54. The Morgan fingerprint density at radius 2 is 2.14 bits per heavy atom. The maximum Gasteiger partial charge on any atom is 0.451 e. The van der Waals surface area contributed by atoms with E-state index in [4.69, 9.17) is 5.73 Å². The topological polar surface area (TPSA) is 63.8 Å². The Morgan fingerprint density at radius 1 is 1.43 bits per heavy atom. The van der Waals surface area contributed by atoms with E-state index in [2.05, 4.69) is 15.3 Å². The summed E-state index contributed by atoms with van der Waals surface area (Å²) in [6, 6.07) is 1.35. The summed E-state index contributed by atoms with van der Waals surface area (Å²) in [7, 11) is 0. The fourth-order valence-electron chi connectivity index (χ4n) is 0.794. The van der Waals surface area contributed by atoms with Crippen LogP contribution in [0.15, 0.2) is 12.3 Å². The molecule has 0 radical (unpaired) electrons. The molecule has 78 valence electrons. The number of hydrogen-bond acceptors (Lipinski definition) is 4. The predicted molar refractivity (Wildman–Crippen MR) is 44.6 cm³/mol. The van der Waals surface area contributed by atoms with Gasteiger partial charge in [0.25, 0.3) is 0 Å². The molecular formula is C7H9F3N4. The van der Waals surface area contributed by atoms with Gasteiger partial charge in [-0.3, -0.25) is 0 Å². The SMILES string of the molecule is NCCNc1ccnc(C(F)(F)F)n1. The summed E-state index contributed by atoms with van der Waals surface area (Å²) >= 11 is 0. The van der Waals surface area contributed by atoms with Crippen LogP contribution in [0.4, 0.5) is 19.0 Å². The summed E-state index contributed by atoms with van der Waals surface area (Å²) in [6.45, 7) is 0.694. The zero-order valence-corrected chi connectivity index (χ0v) is 7.17. The molecule has 0 aliphatic carbocycles. The molecule has 1 aromatic heterocycles. The van der Waals surface area contributed by atoms with Crippen molar-refractivity contribution >= 4 is 5.82 Å². The minimum Gasteiger partial charge on any atom is -0.369 e. The van der Waals surface area contributed by atoms with Gasteiger partial charge in [-0.15, -0.1) is 0 Å². The standard InChI is InChI=1S/C7H9F3N4/c8-7(9,10)6-13-3-1-5(14-6)12-4-2-11/h1,3H,2,4,11H2,(H,12,13,14). The minimum absolute atomic E-state index is 0.123. The molecule has 0 fully saturated rings. The van der Waals surface area contributed by atoms with Gasteiger partial charge in [0, 0.05) is 19.3 Å². The van der Waals surface area contributed by atoms with Gasteiger partial charge in [0.05, 0.1) is 0 Å². The van der Waals surface area contributed by atoms with Crippen LogP contribution in [0.2, 0.25) is 0 Å². The summed E-state index contributed by atoms with van der Waals surface area (Å²) in [5.74, 6) is -1.03. The van der Waals surface area contributed by atoms with Crippen LogP contribution in [0, 0.1) is 0 Å². The lowest BCUT2D eigenvalue weighted by Crippen LogP contribution is -2.16. The van der Waals surface area contributed by atoms with Crippen LogP contribution in [0.1, 0.15) is 5.82 Å². The predicted octanol–water partition coefficient (Wildman–Crippen LogP) is 0.866. The summed E-state index contributed by atoms with van der Waals surface area (Å²) < 4.78 is 36.3. The van der Waals surface area contributed by atoms with E-state index in [0.29, 0.717) is 13.1 Å². The Kier molecular flexibility index (Phi) is 3.23. The van der Waals surface area contributed by atoms with Gasteiger partial charge in [-0.05, 0) is 6.07 Å². The molecule has 0 aliphatic heterocycles. The van der Waals surface area contributed by atoms with Gasteiger partial charge in [0.2, 0.25) is 5.82 Å². The average molecular weight is 206 g/mol. The van der Waals surface area contributed by atoms with E-state index < -0.39 is 12.0 Å². The summed E-state index contributed by atoms with van der Waals surface area (Å²) in [4.78, 5) is 6.39. The maximum absolute atomic E-state index is 12.1. The second kappa shape index (κ2) is 4.23. The van der Waals surface area contributed by atoms with Gasteiger partial charge < -0.3 is 11.1 Å². The molecule has 0 unspecified atom stereocenters. The summed E-state index contributed by atoms with van der Waals surface area (Å²) in [5.41, 5.74) is 5.17. The lowest BCUT2D eigenvalue weighted by molar-refractivity contribution is -0.144. The van der Waals surface area contributed by atoms with Crippen molar-refractivity contribution in [2.75, 3.05) is 18.4 Å². The Morgan fingerprint density at radius 3 is 2.71 bits per heavy atom. The second-order valence-electron chi connectivity index (χ2n) is 2.48. The molecule has 1 aromatic rings. The number of hydrogen-bond donors (Lipinski definition) is 2. The Bertz CT molecular complexity index is 299. The molecule has 14 heavy (non-hydrogen) atoms. The molecule has 0 saturated carbocycles. The molecule has 0 aromatic carbocycles. The number of nitrogens with zero attached hydrogens (tertiary/aromatic N) is 2. The summed E-state index contributed by atoms with van der Waals surface area (Å²) in [5, 5.41) is 2.63. The molecule has 7 heteroatoms. The molecule has 0 amide bonds. The van der Waals surface area contributed by atoms with E-state index in [-0.39, 0.29) is 5.82 Å². The number of rotatable bonds is 3. The van der Waals surface area contributed by atoms with Gasteiger partial charge >= 0.3 is 6.18 Å². The van der Waals surface area contributed by atoms with Crippen LogP contribution >= 0.6 is 0 Å². The van der Waals surface area contributed by atoms with Crippen molar-refractivity contribution in [1.29, 1.82) is 0 Å². The van der Waals surface area contributed by atoms with E-state index in [1.807, 2.05) is 0 Å². The lowest BCUT2D eigenvalue weighted by Gasteiger charge is -2.07. The number of aromatic nitrogens is 2. The number of halogens is 3. The van der Waals surface area contributed by atoms with E-state index >= 15 is 0 Å². The third kappa shape index (κ3) is 2.84. The molecule has 3 N–H and O–H groups in total.